The Hall–Kier alpha value is -1.03. The molecule has 0 aliphatic rings. The molecule has 0 atom stereocenters. The molecule has 1 N–H and O–H groups in total. The fourth-order valence-corrected chi connectivity index (χ4v) is 1.81. The molecule has 0 aliphatic carbocycles. The molecule has 0 radical (unpaired) electrons. The van der Waals surface area contributed by atoms with Crippen LogP contribution >= 0.6 is 15.9 Å². The van der Waals surface area contributed by atoms with Gasteiger partial charge in [0.25, 0.3) is 0 Å². The number of anilines is 1. The van der Waals surface area contributed by atoms with Crippen LogP contribution in [0, 0.1) is 5.92 Å². The zero-order valence-corrected chi connectivity index (χ0v) is 12.0. The van der Waals surface area contributed by atoms with Crippen molar-refractivity contribution in [2.75, 3.05) is 19.0 Å². The van der Waals surface area contributed by atoms with Gasteiger partial charge in [0.1, 0.15) is 0 Å². The zero-order chi connectivity index (χ0) is 12.8. The van der Waals surface area contributed by atoms with Crippen molar-refractivity contribution in [3.8, 4) is 0 Å². The van der Waals surface area contributed by atoms with Gasteiger partial charge < -0.3 is 10.1 Å². The van der Waals surface area contributed by atoms with E-state index in [1.54, 1.807) is 6.07 Å². The molecule has 94 valence electrons. The third kappa shape index (κ3) is 4.38. The van der Waals surface area contributed by atoms with E-state index in [4.69, 9.17) is 4.74 Å². The predicted octanol–water partition coefficient (Wildman–Crippen LogP) is 3.69. The van der Waals surface area contributed by atoms with Crippen molar-refractivity contribution in [3.05, 3.63) is 28.2 Å². The van der Waals surface area contributed by atoms with E-state index >= 15 is 0 Å². The Morgan fingerprint density at radius 3 is 2.76 bits per heavy atom. The van der Waals surface area contributed by atoms with Crippen LogP contribution in [0.25, 0.3) is 0 Å². The lowest BCUT2D eigenvalue weighted by molar-refractivity contribution is 0.0601. The average Bonchev–Trinajstić information content (AvgIpc) is 2.29. The first kappa shape index (κ1) is 14.0. The van der Waals surface area contributed by atoms with Gasteiger partial charge in [-0.3, -0.25) is 0 Å². The molecule has 0 unspecified atom stereocenters. The second-order valence-corrected chi connectivity index (χ2v) is 5.21. The summed E-state index contributed by atoms with van der Waals surface area (Å²) in [6.45, 7) is 5.19. The summed E-state index contributed by atoms with van der Waals surface area (Å²) in [4.78, 5) is 11.6. The number of carbonyl (C=O) groups is 1. The average molecular weight is 300 g/mol. The van der Waals surface area contributed by atoms with Gasteiger partial charge in [-0.25, -0.2) is 4.79 Å². The first-order valence-electron chi connectivity index (χ1n) is 5.66. The minimum absolute atomic E-state index is 0.321. The fraction of sp³-hybridized carbons (Fsp3) is 0.462. The van der Waals surface area contributed by atoms with Crippen LogP contribution in [0.3, 0.4) is 0 Å². The quantitative estimate of drug-likeness (QED) is 0.843. The highest BCUT2D eigenvalue weighted by Gasteiger charge is 2.12. The van der Waals surface area contributed by atoms with Gasteiger partial charge in [-0.15, -0.1) is 0 Å². The van der Waals surface area contributed by atoms with Gasteiger partial charge in [-0.05, 0) is 30.5 Å². The summed E-state index contributed by atoms with van der Waals surface area (Å²) >= 11 is 3.35. The van der Waals surface area contributed by atoms with Crippen LogP contribution in [0.5, 0.6) is 0 Å². The Morgan fingerprint density at radius 1 is 1.47 bits per heavy atom. The van der Waals surface area contributed by atoms with E-state index in [9.17, 15) is 4.79 Å². The molecule has 0 spiro atoms. The van der Waals surface area contributed by atoms with Gasteiger partial charge in [0, 0.05) is 16.7 Å². The molecule has 0 saturated carbocycles. The molecule has 1 aromatic rings. The Labute approximate surface area is 111 Å². The molecule has 0 saturated heterocycles. The van der Waals surface area contributed by atoms with Crippen molar-refractivity contribution < 1.29 is 9.53 Å². The lowest BCUT2D eigenvalue weighted by atomic mass is 10.1. The number of esters is 1. The molecule has 3 nitrogen and oxygen atoms in total. The molecule has 0 bridgehead atoms. The predicted molar refractivity (Wildman–Crippen MR) is 73.4 cm³/mol. The van der Waals surface area contributed by atoms with Crippen LogP contribution < -0.4 is 5.32 Å². The third-order valence-electron chi connectivity index (χ3n) is 2.42. The monoisotopic (exact) mass is 299 g/mol. The summed E-state index contributed by atoms with van der Waals surface area (Å²) in [6, 6.07) is 5.56. The summed E-state index contributed by atoms with van der Waals surface area (Å²) in [5.41, 5.74) is 1.38. The minimum Gasteiger partial charge on any atom is -0.465 e. The molecule has 17 heavy (non-hydrogen) atoms. The number of halogens is 1. The number of rotatable bonds is 5. The minimum atomic E-state index is -0.321. The lowest BCUT2D eigenvalue weighted by Crippen LogP contribution is -2.10. The van der Waals surface area contributed by atoms with Crippen LogP contribution in [-0.2, 0) is 4.74 Å². The first-order valence-corrected chi connectivity index (χ1v) is 6.45. The fourth-order valence-electron chi connectivity index (χ4n) is 1.44. The van der Waals surface area contributed by atoms with Gasteiger partial charge in [0.05, 0.1) is 12.7 Å². The summed E-state index contributed by atoms with van der Waals surface area (Å²) in [6.07, 6.45) is 1.07. The molecule has 0 aliphatic heterocycles. The van der Waals surface area contributed by atoms with Gasteiger partial charge in [-0.1, -0.05) is 29.8 Å². The van der Waals surface area contributed by atoms with Gasteiger partial charge in [0.15, 0.2) is 0 Å². The highest BCUT2D eigenvalue weighted by atomic mass is 79.9. The van der Waals surface area contributed by atoms with Crippen molar-refractivity contribution in [2.45, 2.75) is 20.3 Å². The van der Waals surface area contributed by atoms with Crippen LogP contribution in [0.2, 0.25) is 0 Å². The highest BCUT2D eigenvalue weighted by Crippen LogP contribution is 2.22. The maximum atomic E-state index is 11.6. The van der Waals surface area contributed by atoms with E-state index < -0.39 is 0 Å². The van der Waals surface area contributed by atoms with Crippen molar-refractivity contribution in [3.63, 3.8) is 0 Å². The molecule has 1 aromatic carbocycles. The molecular formula is C13H18BrNO2. The summed E-state index contributed by atoms with van der Waals surface area (Å²) in [7, 11) is 1.39. The number of benzene rings is 1. The van der Waals surface area contributed by atoms with Crippen LogP contribution in [0.4, 0.5) is 5.69 Å². The molecule has 0 amide bonds. The van der Waals surface area contributed by atoms with E-state index in [0.717, 1.165) is 23.1 Å². The molecule has 0 aromatic heterocycles. The number of carbonyl (C=O) groups excluding carboxylic acids is 1. The Kier molecular flexibility index (Phi) is 5.48. The molecule has 4 heteroatoms. The van der Waals surface area contributed by atoms with E-state index in [2.05, 4.69) is 35.1 Å². The summed E-state index contributed by atoms with van der Waals surface area (Å²) in [5.74, 6) is 0.317. The van der Waals surface area contributed by atoms with Crippen molar-refractivity contribution in [2.24, 2.45) is 5.92 Å². The number of nitrogens with one attached hydrogen (secondary N) is 1. The van der Waals surface area contributed by atoms with Crippen LogP contribution in [0.1, 0.15) is 30.6 Å². The topological polar surface area (TPSA) is 38.3 Å². The Bertz CT molecular complexity index is 391. The molecular weight excluding hydrogens is 282 g/mol. The third-order valence-corrected chi connectivity index (χ3v) is 2.92. The Balaban J connectivity index is 2.79. The summed E-state index contributed by atoms with van der Waals surface area (Å²) < 4.78 is 5.63. The highest BCUT2D eigenvalue weighted by molar-refractivity contribution is 9.10. The first-order chi connectivity index (χ1) is 8.04. The van der Waals surface area contributed by atoms with Crippen molar-refractivity contribution in [1.82, 2.24) is 0 Å². The maximum Gasteiger partial charge on any atom is 0.340 e. The zero-order valence-electron chi connectivity index (χ0n) is 10.4. The smallest absolute Gasteiger partial charge is 0.340 e. The molecule has 0 fully saturated rings. The maximum absolute atomic E-state index is 11.6. The SMILES string of the molecule is COC(=O)c1cc(Br)ccc1NCCC(C)C. The second kappa shape index (κ2) is 6.64. The van der Waals surface area contributed by atoms with E-state index in [1.165, 1.54) is 7.11 Å². The number of hydrogen-bond acceptors (Lipinski definition) is 3. The van der Waals surface area contributed by atoms with Gasteiger partial charge in [0.2, 0.25) is 0 Å². The number of methoxy groups -OCH3 is 1. The lowest BCUT2D eigenvalue weighted by Gasteiger charge is -2.12. The number of hydrogen-bond donors (Lipinski definition) is 1. The summed E-state index contributed by atoms with van der Waals surface area (Å²) in [5, 5.41) is 3.27. The Morgan fingerprint density at radius 2 is 2.18 bits per heavy atom. The van der Waals surface area contributed by atoms with E-state index in [-0.39, 0.29) is 5.97 Å². The van der Waals surface area contributed by atoms with E-state index in [1.807, 2.05) is 12.1 Å². The normalized spacial score (nSPS) is 10.4. The van der Waals surface area contributed by atoms with E-state index in [0.29, 0.717) is 11.5 Å². The van der Waals surface area contributed by atoms with Crippen molar-refractivity contribution >= 4 is 27.6 Å². The standard InChI is InChI=1S/C13H18BrNO2/c1-9(2)6-7-15-12-5-4-10(14)8-11(12)13(16)17-3/h4-5,8-9,15H,6-7H2,1-3H3. The van der Waals surface area contributed by atoms with Crippen LogP contribution in [0.15, 0.2) is 22.7 Å². The van der Waals surface area contributed by atoms with Gasteiger partial charge in [-0.2, -0.15) is 0 Å². The molecule has 1 rings (SSSR count). The van der Waals surface area contributed by atoms with Crippen LogP contribution in [-0.4, -0.2) is 19.6 Å². The largest absolute Gasteiger partial charge is 0.465 e. The second-order valence-electron chi connectivity index (χ2n) is 4.29. The van der Waals surface area contributed by atoms with Crippen molar-refractivity contribution in [1.29, 1.82) is 0 Å². The number of ether oxygens (including phenoxy) is 1. The van der Waals surface area contributed by atoms with Gasteiger partial charge >= 0.3 is 5.97 Å². The molecule has 0 heterocycles.